The summed E-state index contributed by atoms with van der Waals surface area (Å²) in [7, 11) is 0. The second-order valence-electron chi connectivity index (χ2n) is 5.37. The monoisotopic (exact) mass is 224 g/mol. The van der Waals surface area contributed by atoms with Gasteiger partial charge in [0.2, 0.25) is 5.79 Å². The molecule has 1 saturated carbocycles. The number of hydrogen-bond acceptors (Lipinski definition) is 4. The SMILES string of the molecule is C[C@@H]1C[C@@H]2C(C=O)=CO[C@]3(C)OC[C@@]1(O)[C@H]23. The quantitative estimate of drug-likeness (QED) is 0.671. The van der Waals surface area contributed by atoms with Crippen LogP contribution in [0.1, 0.15) is 20.3 Å². The minimum absolute atomic E-state index is 0.0683. The Morgan fingerprint density at radius 3 is 3.06 bits per heavy atom. The van der Waals surface area contributed by atoms with Crippen molar-refractivity contribution in [1.82, 2.24) is 0 Å². The van der Waals surface area contributed by atoms with Gasteiger partial charge in [-0.15, -0.1) is 0 Å². The Balaban J connectivity index is 2.10. The van der Waals surface area contributed by atoms with Crippen molar-refractivity contribution in [3.63, 3.8) is 0 Å². The highest BCUT2D eigenvalue weighted by atomic mass is 16.7. The molecule has 1 aliphatic carbocycles. The summed E-state index contributed by atoms with van der Waals surface area (Å²) in [6.07, 6.45) is 3.16. The van der Waals surface area contributed by atoms with Gasteiger partial charge in [0.05, 0.1) is 18.8 Å². The van der Waals surface area contributed by atoms with Gasteiger partial charge in [-0.05, 0) is 12.3 Å². The first-order valence-corrected chi connectivity index (χ1v) is 5.70. The van der Waals surface area contributed by atoms with Gasteiger partial charge in [0.15, 0.2) is 0 Å². The molecule has 2 fully saturated rings. The van der Waals surface area contributed by atoms with Crippen molar-refractivity contribution in [2.24, 2.45) is 17.8 Å². The molecule has 0 spiro atoms. The molecule has 0 aromatic carbocycles. The zero-order valence-corrected chi connectivity index (χ0v) is 9.47. The van der Waals surface area contributed by atoms with E-state index in [1.54, 1.807) is 0 Å². The molecule has 4 heteroatoms. The zero-order chi connectivity index (χ0) is 11.6. The summed E-state index contributed by atoms with van der Waals surface area (Å²) in [6.45, 7) is 4.15. The third-order valence-electron chi connectivity index (χ3n) is 4.55. The minimum Gasteiger partial charge on any atom is -0.469 e. The summed E-state index contributed by atoms with van der Waals surface area (Å²) in [6, 6.07) is 0. The number of hydrogen-bond donors (Lipinski definition) is 1. The molecule has 0 aromatic rings. The van der Waals surface area contributed by atoms with Crippen molar-refractivity contribution in [2.45, 2.75) is 31.7 Å². The van der Waals surface area contributed by atoms with Gasteiger partial charge in [-0.3, -0.25) is 4.79 Å². The maximum Gasteiger partial charge on any atom is 0.213 e. The Hall–Kier alpha value is -0.870. The number of ether oxygens (including phenoxy) is 2. The van der Waals surface area contributed by atoms with Gasteiger partial charge in [0.25, 0.3) is 0 Å². The predicted molar refractivity (Wildman–Crippen MR) is 55.3 cm³/mol. The molecule has 2 heterocycles. The number of rotatable bonds is 1. The van der Waals surface area contributed by atoms with Crippen LogP contribution in [0.4, 0.5) is 0 Å². The molecule has 88 valence electrons. The van der Waals surface area contributed by atoms with Crippen LogP contribution < -0.4 is 0 Å². The second kappa shape index (κ2) is 2.87. The first-order valence-electron chi connectivity index (χ1n) is 5.70. The molecule has 3 aliphatic rings. The molecule has 1 saturated heterocycles. The summed E-state index contributed by atoms with van der Waals surface area (Å²) in [5.74, 6) is -0.690. The van der Waals surface area contributed by atoms with E-state index in [-0.39, 0.29) is 17.8 Å². The number of allylic oxidation sites excluding steroid dienone is 1. The van der Waals surface area contributed by atoms with E-state index in [1.165, 1.54) is 6.26 Å². The lowest BCUT2D eigenvalue weighted by Gasteiger charge is -2.38. The summed E-state index contributed by atoms with van der Waals surface area (Å²) < 4.78 is 11.1. The first-order chi connectivity index (χ1) is 7.51. The van der Waals surface area contributed by atoms with Gasteiger partial charge in [-0.1, -0.05) is 6.92 Å². The lowest BCUT2D eigenvalue weighted by molar-refractivity contribution is -0.201. The summed E-state index contributed by atoms with van der Waals surface area (Å²) in [5.41, 5.74) is -0.196. The van der Waals surface area contributed by atoms with E-state index >= 15 is 0 Å². The summed E-state index contributed by atoms with van der Waals surface area (Å²) >= 11 is 0. The molecule has 0 bridgehead atoms. The lowest BCUT2D eigenvalue weighted by atomic mass is 9.77. The molecule has 0 unspecified atom stereocenters. The van der Waals surface area contributed by atoms with Crippen LogP contribution in [0.15, 0.2) is 11.8 Å². The maximum absolute atomic E-state index is 11.0. The van der Waals surface area contributed by atoms with Gasteiger partial charge in [0.1, 0.15) is 11.9 Å². The number of carbonyl (C=O) groups excluding carboxylic acids is 1. The predicted octanol–water partition coefficient (Wildman–Crippen LogP) is 0.849. The molecule has 1 N–H and O–H groups in total. The highest BCUT2D eigenvalue weighted by Crippen LogP contribution is 2.59. The summed E-state index contributed by atoms with van der Waals surface area (Å²) in [5, 5.41) is 10.6. The van der Waals surface area contributed by atoms with E-state index in [0.717, 1.165) is 12.7 Å². The fourth-order valence-corrected chi connectivity index (χ4v) is 3.60. The largest absolute Gasteiger partial charge is 0.469 e. The second-order valence-corrected chi connectivity index (χ2v) is 5.37. The van der Waals surface area contributed by atoms with E-state index in [4.69, 9.17) is 9.47 Å². The minimum atomic E-state index is -0.845. The summed E-state index contributed by atoms with van der Waals surface area (Å²) in [4.78, 5) is 11.0. The van der Waals surface area contributed by atoms with E-state index in [9.17, 15) is 9.90 Å². The Kier molecular flexibility index (Phi) is 1.85. The average molecular weight is 224 g/mol. The highest BCUT2D eigenvalue weighted by molar-refractivity contribution is 5.74. The van der Waals surface area contributed by atoms with Crippen LogP contribution in [0.25, 0.3) is 0 Å². The number of carbonyl (C=O) groups is 1. The molecule has 5 atom stereocenters. The molecule has 2 aliphatic heterocycles. The highest BCUT2D eigenvalue weighted by Gasteiger charge is 2.67. The van der Waals surface area contributed by atoms with Crippen molar-refractivity contribution < 1.29 is 19.4 Å². The van der Waals surface area contributed by atoms with Crippen molar-refractivity contribution in [1.29, 1.82) is 0 Å². The van der Waals surface area contributed by atoms with Gasteiger partial charge in [0, 0.05) is 18.4 Å². The Morgan fingerprint density at radius 2 is 2.38 bits per heavy atom. The first kappa shape index (κ1) is 10.3. The smallest absolute Gasteiger partial charge is 0.213 e. The fourth-order valence-electron chi connectivity index (χ4n) is 3.60. The topological polar surface area (TPSA) is 55.8 Å². The third-order valence-corrected chi connectivity index (χ3v) is 4.55. The van der Waals surface area contributed by atoms with Crippen LogP contribution in [0, 0.1) is 17.8 Å². The standard InChI is InChI=1S/C12H16O4/c1-7-3-9-8(4-13)5-15-11(2)10(9)12(7,14)6-16-11/h4-5,7,9-10,14H,3,6H2,1-2H3/t7-,9-,10-,11-,12+/m1/s1. The van der Waals surface area contributed by atoms with Crippen molar-refractivity contribution >= 4 is 6.29 Å². The van der Waals surface area contributed by atoms with Crippen molar-refractivity contribution in [3.8, 4) is 0 Å². The Bertz CT molecular complexity index is 377. The van der Waals surface area contributed by atoms with Crippen molar-refractivity contribution in [2.75, 3.05) is 6.61 Å². The van der Waals surface area contributed by atoms with Crippen LogP contribution in [0.5, 0.6) is 0 Å². The van der Waals surface area contributed by atoms with E-state index in [2.05, 4.69) is 0 Å². The zero-order valence-electron chi connectivity index (χ0n) is 9.47. The fraction of sp³-hybridized carbons (Fsp3) is 0.750. The molecule has 16 heavy (non-hydrogen) atoms. The van der Waals surface area contributed by atoms with E-state index in [0.29, 0.717) is 12.2 Å². The maximum atomic E-state index is 11.0. The van der Waals surface area contributed by atoms with Gasteiger partial charge in [-0.2, -0.15) is 0 Å². The molecule has 3 rings (SSSR count). The van der Waals surface area contributed by atoms with Gasteiger partial charge in [-0.25, -0.2) is 0 Å². The van der Waals surface area contributed by atoms with Crippen molar-refractivity contribution in [3.05, 3.63) is 11.8 Å². The van der Waals surface area contributed by atoms with E-state index < -0.39 is 11.4 Å². The molecule has 4 nitrogen and oxygen atoms in total. The average Bonchev–Trinajstić information content (AvgIpc) is 2.67. The van der Waals surface area contributed by atoms with Crippen LogP contribution in [0.2, 0.25) is 0 Å². The molecular weight excluding hydrogens is 208 g/mol. The third kappa shape index (κ3) is 0.992. The molecule has 0 aromatic heterocycles. The van der Waals surface area contributed by atoms with Gasteiger partial charge >= 0.3 is 0 Å². The lowest BCUT2D eigenvalue weighted by Crippen LogP contribution is -2.47. The molecular formula is C12H16O4. The number of aldehydes is 1. The van der Waals surface area contributed by atoms with E-state index in [1.807, 2.05) is 13.8 Å². The number of aliphatic hydroxyl groups is 1. The van der Waals surface area contributed by atoms with Crippen LogP contribution in [0.3, 0.4) is 0 Å². The Morgan fingerprint density at radius 1 is 1.62 bits per heavy atom. The van der Waals surface area contributed by atoms with Gasteiger partial charge < -0.3 is 14.6 Å². The van der Waals surface area contributed by atoms with Crippen LogP contribution in [-0.4, -0.2) is 29.4 Å². The molecule has 0 amide bonds. The molecule has 0 radical (unpaired) electrons. The normalized spacial score (nSPS) is 54.2. The Labute approximate surface area is 94.2 Å². The van der Waals surface area contributed by atoms with Crippen LogP contribution in [-0.2, 0) is 14.3 Å². The van der Waals surface area contributed by atoms with Crippen LogP contribution >= 0.6 is 0 Å².